The Morgan fingerprint density at radius 2 is 1.83 bits per heavy atom. The second-order valence-electron chi connectivity index (χ2n) is 9.27. The molecule has 0 bridgehead atoms. The highest BCUT2D eigenvalue weighted by Gasteiger charge is 2.36. The van der Waals surface area contributed by atoms with E-state index in [2.05, 4.69) is 28.2 Å². The summed E-state index contributed by atoms with van der Waals surface area (Å²) in [6.45, 7) is 3.07. The van der Waals surface area contributed by atoms with Gasteiger partial charge in [-0.05, 0) is 92.3 Å². The first kappa shape index (κ1) is 22.9. The molecule has 2 amide bonds. The van der Waals surface area contributed by atoms with E-state index in [0.717, 1.165) is 29.8 Å². The minimum absolute atomic E-state index is 0.211. The predicted molar refractivity (Wildman–Crippen MR) is 141 cm³/mol. The van der Waals surface area contributed by atoms with Crippen LogP contribution >= 0.6 is 11.3 Å². The summed E-state index contributed by atoms with van der Waals surface area (Å²) >= 11 is 1.87. The summed E-state index contributed by atoms with van der Waals surface area (Å²) < 4.78 is 21.4. The van der Waals surface area contributed by atoms with Crippen molar-refractivity contribution in [1.29, 1.82) is 0 Å². The van der Waals surface area contributed by atoms with E-state index in [1.165, 1.54) is 46.0 Å². The molecule has 5 nitrogen and oxygen atoms in total. The van der Waals surface area contributed by atoms with Gasteiger partial charge < -0.3 is 19.5 Å². The summed E-state index contributed by atoms with van der Waals surface area (Å²) in [5.41, 5.74) is 5.28. The molecule has 4 aromatic rings. The lowest BCUT2D eigenvalue weighted by Crippen LogP contribution is -2.38. The maximum atomic E-state index is 13.9. The number of hydrogen-bond acceptors (Lipinski definition) is 3. The molecule has 1 aliphatic carbocycles. The Balaban J connectivity index is 1.46. The van der Waals surface area contributed by atoms with Gasteiger partial charge in [-0.2, -0.15) is 0 Å². The second-order valence-corrected chi connectivity index (χ2v) is 10.4. The summed E-state index contributed by atoms with van der Waals surface area (Å²) in [6.07, 6.45) is 6.67. The molecule has 36 heavy (non-hydrogen) atoms. The average Bonchev–Trinajstić information content (AvgIpc) is 3.48. The molecule has 184 valence electrons. The number of fused-ring (bicyclic) bond motifs is 5. The molecule has 1 atom stereocenters. The molecule has 3 heterocycles. The largest absolute Gasteiger partial charge is 0.494 e. The smallest absolute Gasteiger partial charge is 0.322 e. The molecule has 0 radical (unpaired) electrons. The highest BCUT2D eigenvalue weighted by Crippen LogP contribution is 2.44. The quantitative estimate of drug-likeness (QED) is 0.324. The zero-order valence-electron chi connectivity index (χ0n) is 20.2. The van der Waals surface area contributed by atoms with Crippen molar-refractivity contribution in [3.8, 4) is 10.8 Å². The third-order valence-corrected chi connectivity index (χ3v) is 8.38. The van der Waals surface area contributed by atoms with Gasteiger partial charge in [-0.25, -0.2) is 9.18 Å². The number of aromatic nitrogens is 1. The molecular formula is C29H28FN3O2S. The molecule has 6 rings (SSSR count). The molecule has 2 aromatic carbocycles. The van der Waals surface area contributed by atoms with Crippen LogP contribution in [0, 0.1) is 5.82 Å². The fourth-order valence-corrected chi connectivity index (χ4v) is 6.78. The van der Waals surface area contributed by atoms with Crippen LogP contribution in [0.2, 0.25) is 0 Å². The van der Waals surface area contributed by atoms with Crippen molar-refractivity contribution in [3.05, 3.63) is 99.9 Å². The number of hydrogen-bond donors (Lipinski definition) is 1. The van der Waals surface area contributed by atoms with Crippen molar-refractivity contribution < 1.29 is 13.9 Å². The Kier molecular flexibility index (Phi) is 6.01. The Morgan fingerprint density at radius 1 is 1.06 bits per heavy atom. The first-order valence-electron chi connectivity index (χ1n) is 12.5. The van der Waals surface area contributed by atoms with Gasteiger partial charge in [-0.15, -0.1) is 11.3 Å². The van der Waals surface area contributed by atoms with Gasteiger partial charge in [0.25, 0.3) is 0 Å². The van der Waals surface area contributed by atoms with E-state index in [4.69, 9.17) is 4.74 Å². The molecular weight excluding hydrogens is 473 g/mol. The summed E-state index contributed by atoms with van der Waals surface area (Å²) in [5.74, 6) is 0.475. The fourth-order valence-electron chi connectivity index (χ4n) is 5.38. The highest BCUT2D eigenvalue weighted by atomic mass is 32.1. The van der Waals surface area contributed by atoms with Crippen LogP contribution in [0.5, 0.6) is 5.75 Å². The van der Waals surface area contributed by atoms with Crippen molar-refractivity contribution in [2.75, 3.05) is 11.9 Å². The minimum atomic E-state index is -0.331. The van der Waals surface area contributed by atoms with Crippen LogP contribution in [0.3, 0.4) is 0 Å². The van der Waals surface area contributed by atoms with Crippen LogP contribution < -0.4 is 10.1 Å². The number of nitrogens with one attached hydrogen (secondary N) is 1. The van der Waals surface area contributed by atoms with Gasteiger partial charge in [0, 0.05) is 22.3 Å². The Morgan fingerprint density at radius 3 is 2.61 bits per heavy atom. The first-order valence-corrected chi connectivity index (χ1v) is 13.3. The standard InChI is InChI=1S/C29H28FN3O2S/c1-2-35-22-15-9-19(10-16-22)27-25-7-5-17-32(25)28-24(23-6-3-4-8-26(23)36-28)18-33(27)29(34)31-21-13-11-20(30)12-14-21/h5,7,9-17,27H,2-4,6,8,18H2,1H3,(H,31,34)/t27-/m0/s1. The van der Waals surface area contributed by atoms with Crippen LogP contribution in [0.1, 0.15) is 53.1 Å². The number of benzene rings is 2. The van der Waals surface area contributed by atoms with E-state index >= 15 is 0 Å². The van der Waals surface area contributed by atoms with Gasteiger partial charge in [0.05, 0.1) is 24.9 Å². The Bertz CT molecular complexity index is 1390. The lowest BCUT2D eigenvalue weighted by molar-refractivity contribution is 0.194. The van der Waals surface area contributed by atoms with Crippen LogP contribution in [0.4, 0.5) is 14.9 Å². The van der Waals surface area contributed by atoms with Gasteiger partial charge in [-0.3, -0.25) is 0 Å². The Hall–Kier alpha value is -3.58. The molecule has 1 N–H and O–H groups in total. The number of urea groups is 1. The zero-order chi connectivity index (χ0) is 24.6. The summed E-state index contributed by atoms with van der Waals surface area (Å²) in [4.78, 5) is 17.2. The SMILES string of the molecule is CCOc1ccc([C@H]2c3cccn3-c3sc4c(c3CN2C(=O)Nc2ccc(F)cc2)CCCC4)cc1. The van der Waals surface area contributed by atoms with Crippen LogP contribution in [-0.4, -0.2) is 22.1 Å². The molecule has 1 aliphatic heterocycles. The Labute approximate surface area is 214 Å². The van der Waals surface area contributed by atoms with Crippen molar-refractivity contribution in [3.63, 3.8) is 0 Å². The molecule has 2 aromatic heterocycles. The summed E-state index contributed by atoms with van der Waals surface area (Å²) in [5, 5.41) is 4.23. The molecule has 0 fully saturated rings. The number of rotatable bonds is 4. The first-order chi connectivity index (χ1) is 17.6. The van der Waals surface area contributed by atoms with Gasteiger partial charge in [0.2, 0.25) is 0 Å². The number of carbonyl (C=O) groups is 1. The molecule has 2 aliphatic rings. The normalized spacial score (nSPS) is 16.5. The van der Waals surface area contributed by atoms with Crippen LogP contribution in [-0.2, 0) is 19.4 Å². The maximum absolute atomic E-state index is 13.9. The molecule has 0 saturated heterocycles. The van der Waals surface area contributed by atoms with Crippen molar-refractivity contribution in [1.82, 2.24) is 9.47 Å². The van der Waals surface area contributed by atoms with E-state index in [0.29, 0.717) is 18.8 Å². The number of nitrogens with zero attached hydrogens (tertiary/aromatic N) is 2. The molecule has 7 heteroatoms. The number of halogens is 1. The topological polar surface area (TPSA) is 46.5 Å². The van der Waals surface area contributed by atoms with E-state index in [1.54, 1.807) is 12.1 Å². The third-order valence-electron chi connectivity index (χ3n) is 7.04. The van der Waals surface area contributed by atoms with Crippen molar-refractivity contribution in [2.24, 2.45) is 0 Å². The second kappa shape index (κ2) is 9.47. The molecule has 0 unspecified atom stereocenters. The fraction of sp³-hybridized carbons (Fsp3) is 0.276. The third kappa shape index (κ3) is 4.07. The lowest BCUT2D eigenvalue weighted by Gasteiger charge is -2.31. The van der Waals surface area contributed by atoms with Gasteiger partial charge in [-0.1, -0.05) is 12.1 Å². The highest BCUT2D eigenvalue weighted by molar-refractivity contribution is 7.15. The number of anilines is 1. The van der Waals surface area contributed by atoms with E-state index in [-0.39, 0.29) is 17.9 Å². The number of amides is 2. The zero-order valence-corrected chi connectivity index (χ0v) is 21.0. The summed E-state index contributed by atoms with van der Waals surface area (Å²) in [6, 6.07) is 17.6. The number of thiophene rings is 1. The van der Waals surface area contributed by atoms with Gasteiger partial charge in [0.15, 0.2) is 0 Å². The van der Waals surface area contributed by atoms with Crippen molar-refractivity contribution in [2.45, 2.75) is 45.2 Å². The predicted octanol–water partition coefficient (Wildman–Crippen LogP) is 7.09. The van der Waals surface area contributed by atoms with Gasteiger partial charge >= 0.3 is 6.03 Å². The van der Waals surface area contributed by atoms with E-state index < -0.39 is 0 Å². The maximum Gasteiger partial charge on any atom is 0.322 e. The minimum Gasteiger partial charge on any atom is -0.494 e. The molecule has 0 saturated carbocycles. The number of ether oxygens (including phenoxy) is 1. The van der Waals surface area contributed by atoms with Crippen molar-refractivity contribution >= 4 is 23.1 Å². The number of carbonyl (C=O) groups excluding carboxylic acids is 1. The van der Waals surface area contributed by atoms with Gasteiger partial charge in [0.1, 0.15) is 16.6 Å². The van der Waals surface area contributed by atoms with Crippen LogP contribution in [0.15, 0.2) is 66.9 Å². The van der Waals surface area contributed by atoms with E-state index in [1.807, 2.05) is 47.4 Å². The number of aryl methyl sites for hydroxylation is 1. The van der Waals surface area contributed by atoms with Crippen LogP contribution in [0.25, 0.3) is 5.00 Å². The lowest BCUT2D eigenvalue weighted by atomic mass is 9.95. The monoisotopic (exact) mass is 501 g/mol. The summed E-state index contributed by atoms with van der Waals surface area (Å²) in [7, 11) is 0. The average molecular weight is 502 g/mol. The van der Waals surface area contributed by atoms with E-state index in [9.17, 15) is 9.18 Å². The molecule has 0 spiro atoms.